The van der Waals surface area contributed by atoms with Gasteiger partial charge in [-0.2, -0.15) is 0 Å². The van der Waals surface area contributed by atoms with Gasteiger partial charge in [0.2, 0.25) is 10.0 Å². The first kappa shape index (κ1) is 19.7. The SMILES string of the molecule is CCCCS(=O)(=O)Nc1ccc(N2CCN(Cc3ccccc3)CC2)cc1. The summed E-state index contributed by atoms with van der Waals surface area (Å²) in [6.45, 7) is 7.00. The second kappa shape index (κ2) is 9.24. The van der Waals surface area contributed by atoms with Crippen LogP contribution in [0, 0.1) is 0 Å². The topological polar surface area (TPSA) is 52.7 Å². The number of rotatable bonds is 8. The van der Waals surface area contributed by atoms with Crippen LogP contribution in [0.15, 0.2) is 54.6 Å². The van der Waals surface area contributed by atoms with Crippen molar-refractivity contribution >= 4 is 21.4 Å². The molecule has 0 radical (unpaired) electrons. The van der Waals surface area contributed by atoms with E-state index >= 15 is 0 Å². The van der Waals surface area contributed by atoms with Crippen LogP contribution >= 0.6 is 0 Å². The number of nitrogens with one attached hydrogen (secondary N) is 1. The first-order valence-electron chi connectivity index (χ1n) is 9.67. The summed E-state index contributed by atoms with van der Waals surface area (Å²) in [5.41, 5.74) is 3.13. The minimum atomic E-state index is -3.24. The maximum Gasteiger partial charge on any atom is 0.232 e. The van der Waals surface area contributed by atoms with Crippen molar-refractivity contribution in [3.63, 3.8) is 0 Å². The van der Waals surface area contributed by atoms with Crippen LogP contribution in [0.25, 0.3) is 0 Å². The first-order valence-corrected chi connectivity index (χ1v) is 11.3. The molecule has 0 bridgehead atoms. The lowest BCUT2D eigenvalue weighted by atomic mass is 10.2. The molecule has 27 heavy (non-hydrogen) atoms. The molecule has 0 atom stereocenters. The van der Waals surface area contributed by atoms with Gasteiger partial charge in [0.25, 0.3) is 0 Å². The Morgan fingerprint density at radius 1 is 0.926 bits per heavy atom. The monoisotopic (exact) mass is 387 g/mol. The summed E-state index contributed by atoms with van der Waals surface area (Å²) in [6, 6.07) is 18.3. The Morgan fingerprint density at radius 2 is 1.59 bits per heavy atom. The van der Waals surface area contributed by atoms with Crippen LogP contribution in [-0.4, -0.2) is 45.2 Å². The normalized spacial score (nSPS) is 15.7. The molecule has 146 valence electrons. The average Bonchev–Trinajstić information content (AvgIpc) is 2.68. The molecule has 1 aliphatic rings. The molecule has 6 heteroatoms. The smallest absolute Gasteiger partial charge is 0.232 e. The van der Waals surface area contributed by atoms with Crippen molar-refractivity contribution < 1.29 is 8.42 Å². The van der Waals surface area contributed by atoms with E-state index in [0.29, 0.717) is 12.1 Å². The summed E-state index contributed by atoms with van der Waals surface area (Å²) in [7, 11) is -3.24. The minimum absolute atomic E-state index is 0.175. The maximum absolute atomic E-state index is 12.0. The van der Waals surface area contributed by atoms with Gasteiger partial charge in [0.15, 0.2) is 0 Å². The molecular formula is C21H29N3O2S. The van der Waals surface area contributed by atoms with Gasteiger partial charge in [-0.15, -0.1) is 0 Å². The number of unbranched alkanes of at least 4 members (excludes halogenated alkanes) is 1. The summed E-state index contributed by atoms with van der Waals surface area (Å²) in [4.78, 5) is 4.83. The number of hydrogen-bond acceptors (Lipinski definition) is 4. The van der Waals surface area contributed by atoms with E-state index in [9.17, 15) is 8.42 Å². The summed E-state index contributed by atoms with van der Waals surface area (Å²) in [6.07, 6.45) is 1.55. The van der Waals surface area contributed by atoms with Gasteiger partial charge in [-0.05, 0) is 36.2 Å². The standard InChI is InChI=1S/C21H29N3O2S/c1-2-3-17-27(25,26)22-20-9-11-21(12-10-20)24-15-13-23(14-16-24)18-19-7-5-4-6-8-19/h4-12,22H,2-3,13-18H2,1H3. The molecule has 1 N–H and O–H groups in total. The van der Waals surface area contributed by atoms with Crippen LogP contribution < -0.4 is 9.62 Å². The van der Waals surface area contributed by atoms with E-state index in [1.54, 1.807) is 0 Å². The highest BCUT2D eigenvalue weighted by atomic mass is 32.2. The molecule has 2 aromatic rings. The van der Waals surface area contributed by atoms with E-state index in [0.717, 1.165) is 44.8 Å². The van der Waals surface area contributed by atoms with Crippen molar-refractivity contribution in [1.82, 2.24) is 4.90 Å². The molecule has 0 aromatic heterocycles. The summed E-state index contributed by atoms with van der Waals surface area (Å²) in [5.74, 6) is 0.175. The molecule has 0 saturated carbocycles. The van der Waals surface area contributed by atoms with Crippen molar-refractivity contribution in [3.8, 4) is 0 Å². The van der Waals surface area contributed by atoms with Gasteiger partial charge in [0, 0.05) is 44.1 Å². The highest BCUT2D eigenvalue weighted by Gasteiger charge is 2.17. The van der Waals surface area contributed by atoms with Gasteiger partial charge in [0.1, 0.15) is 0 Å². The number of hydrogen-bond donors (Lipinski definition) is 1. The Bertz CT molecular complexity index is 799. The van der Waals surface area contributed by atoms with Crippen molar-refractivity contribution in [2.75, 3.05) is 41.6 Å². The highest BCUT2D eigenvalue weighted by molar-refractivity contribution is 7.92. The highest BCUT2D eigenvalue weighted by Crippen LogP contribution is 2.21. The molecule has 0 amide bonds. The summed E-state index contributed by atoms with van der Waals surface area (Å²) < 4.78 is 26.7. The first-order chi connectivity index (χ1) is 13.1. The van der Waals surface area contributed by atoms with Crippen LogP contribution in [0.3, 0.4) is 0 Å². The van der Waals surface area contributed by atoms with Gasteiger partial charge < -0.3 is 4.90 Å². The quantitative estimate of drug-likeness (QED) is 0.753. The Balaban J connectivity index is 1.51. The molecule has 1 saturated heterocycles. The van der Waals surface area contributed by atoms with E-state index in [1.165, 1.54) is 5.56 Å². The lowest BCUT2D eigenvalue weighted by Crippen LogP contribution is -2.45. The third kappa shape index (κ3) is 5.97. The number of nitrogens with zero attached hydrogens (tertiary/aromatic N) is 2. The molecule has 1 heterocycles. The lowest BCUT2D eigenvalue weighted by molar-refractivity contribution is 0.250. The van der Waals surface area contributed by atoms with E-state index in [1.807, 2.05) is 31.2 Å². The average molecular weight is 388 g/mol. The van der Waals surface area contributed by atoms with Crippen molar-refractivity contribution in [2.24, 2.45) is 0 Å². The van der Waals surface area contributed by atoms with Crippen molar-refractivity contribution in [2.45, 2.75) is 26.3 Å². The van der Waals surface area contributed by atoms with Crippen LogP contribution in [0.1, 0.15) is 25.3 Å². The zero-order valence-corrected chi connectivity index (χ0v) is 16.8. The largest absolute Gasteiger partial charge is 0.369 e. The van der Waals surface area contributed by atoms with Crippen molar-refractivity contribution in [1.29, 1.82) is 0 Å². The number of benzene rings is 2. The molecule has 0 spiro atoms. The van der Waals surface area contributed by atoms with Gasteiger partial charge in [-0.1, -0.05) is 43.7 Å². The molecular weight excluding hydrogens is 358 g/mol. The summed E-state index contributed by atoms with van der Waals surface area (Å²) >= 11 is 0. The van der Waals surface area contributed by atoms with Crippen LogP contribution in [-0.2, 0) is 16.6 Å². The van der Waals surface area contributed by atoms with Gasteiger partial charge in [0.05, 0.1) is 5.75 Å². The predicted molar refractivity (Wildman–Crippen MR) is 113 cm³/mol. The Labute approximate surface area is 163 Å². The molecule has 1 aliphatic heterocycles. The third-order valence-corrected chi connectivity index (χ3v) is 6.27. The summed E-state index contributed by atoms with van der Waals surface area (Å²) in [5, 5.41) is 0. The molecule has 5 nitrogen and oxygen atoms in total. The van der Waals surface area contributed by atoms with Gasteiger partial charge in [-0.3, -0.25) is 9.62 Å². The predicted octanol–water partition coefficient (Wildman–Crippen LogP) is 3.55. The Morgan fingerprint density at radius 3 is 2.22 bits per heavy atom. The minimum Gasteiger partial charge on any atom is -0.369 e. The fourth-order valence-electron chi connectivity index (χ4n) is 3.31. The molecule has 0 aliphatic carbocycles. The fourth-order valence-corrected chi connectivity index (χ4v) is 4.58. The van der Waals surface area contributed by atoms with Crippen LogP contribution in [0.2, 0.25) is 0 Å². The van der Waals surface area contributed by atoms with E-state index < -0.39 is 10.0 Å². The molecule has 0 unspecified atom stereocenters. The van der Waals surface area contributed by atoms with Gasteiger partial charge in [-0.25, -0.2) is 8.42 Å². The zero-order chi connectivity index (χ0) is 19.1. The van der Waals surface area contributed by atoms with E-state index in [-0.39, 0.29) is 5.75 Å². The molecule has 2 aromatic carbocycles. The fraction of sp³-hybridized carbons (Fsp3) is 0.429. The van der Waals surface area contributed by atoms with Gasteiger partial charge >= 0.3 is 0 Å². The third-order valence-electron chi connectivity index (χ3n) is 4.89. The van der Waals surface area contributed by atoms with E-state index in [4.69, 9.17) is 0 Å². The number of sulfonamides is 1. The van der Waals surface area contributed by atoms with Crippen molar-refractivity contribution in [3.05, 3.63) is 60.2 Å². The zero-order valence-electron chi connectivity index (χ0n) is 16.0. The second-order valence-corrected chi connectivity index (χ2v) is 8.91. The van der Waals surface area contributed by atoms with Crippen LogP contribution in [0.5, 0.6) is 0 Å². The lowest BCUT2D eigenvalue weighted by Gasteiger charge is -2.36. The Hall–Kier alpha value is -2.05. The number of anilines is 2. The maximum atomic E-state index is 12.0. The Kier molecular flexibility index (Phi) is 6.74. The molecule has 3 rings (SSSR count). The van der Waals surface area contributed by atoms with Crippen LogP contribution in [0.4, 0.5) is 11.4 Å². The number of piperazine rings is 1. The molecule has 1 fully saturated rings. The second-order valence-electron chi connectivity index (χ2n) is 7.07. The van der Waals surface area contributed by atoms with E-state index in [2.05, 4.69) is 44.9 Å².